The Labute approximate surface area is 145 Å². The van der Waals surface area contributed by atoms with Gasteiger partial charge in [0.05, 0.1) is 11.1 Å². The number of anilines is 2. The van der Waals surface area contributed by atoms with Crippen molar-refractivity contribution in [2.24, 2.45) is 7.05 Å². The SMILES string of the molecule is Cc1ncc(-c2ccc3c(c2)N(c2ncn(C)n2)C(=O)C3(C)C)cn1. The van der Waals surface area contributed by atoms with E-state index in [2.05, 4.69) is 20.1 Å². The predicted octanol–water partition coefficient (Wildman–Crippen LogP) is 2.54. The van der Waals surface area contributed by atoms with E-state index in [9.17, 15) is 4.79 Å². The van der Waals surface area contributed by atoms with Crippen molar-refractivity contribution >= 4 is 17.5 Å². The van der Waals surface area contributed by atoms with Crippen molar-refractivity contribution < 1.29 is 4.79 Å². The first kappa shape index (κ1) is 15.4. The summed E-state index contributed by atoms with van der Waals surface area (Å²) in [4.78, 5) is 27.4. The summed E-state index contributed by atoms with van der Waals surface area (Å²) in [6.45, 7) is 5.69. The third kappa shape index (κ3) is 2.31. The summed E-state index contributed by atoms with van der Waals surface area (Å²) in [6, 6.07) is 5.97. The second-order valence-corrected chi connectivity index (χ2v) is 6.73. The first-order chi connectivity index (χ1) is 11.9. The van der Waals surface area contributed by atoms with Crippen LogP contribution in [-0.4, -0.2) is 30.6 Å². The molecule has 0 N–H and O–H groups in total. The molecule has 1 amide bonds. The molecule has 0 saturated heterocycles. The van der Waals surface area contributed by atoms with E-state index in [4.69, 9.17) is 0 Å². The minimum Gasteiger partial charge on any atom is -0.273 e. The van der Waals surface area contributed by atoms with Crippen LogP contribution in [0.1, 0.15) is 25.2 Å². The molecule has 0 unspecified atom stereocenters. The van der Waals surface area contributed by atoms with Crippen LogP contribution in [0, 0.1) is 6.92 Å². The Morgan fingerprint density at radius 3 is 2.40 bits per heavy atom. The number of hydrogen-bond acceptors (Lipinski definition) is 5. The molecule has 3 heterocycles. The van der Waals surface area contributed by atoms with Crippen LogP contribution in [0.25, 0.3) is 11.1 Å². The van der Waals surface area contributed by atoms with Crippen molar-refractivity contribution in [2.75, 3.05) is 4.90 Å². The van der Waals surface area contributed by atoms with Crippen molar-refractivity contribution in [1.29, 1.82) is 0 Å². The molecule has 0 spiro atoms. The third-order valence-corrected chi connectivity index (χ3v) is 4.55. The smallest absolute Gasteiger partial charge is 0.256 e. The Morgan fingerprint density at radius 2 is 1.76 bits per heavy atom. The Kier molecular flexibility index (Phi) is 3.21. The topological polar surface area (TPSA) is 76.8 Å². The number of aromatic nitrogens is 5. The van der Waals surface area contributed by atoms with E-state index in [1.807, 2.05) is 39.0 Å². The average molecular weight is 334 g/mol. The number of aryl methyl sites for hydroxylation is 2. The van der Waals surface area contributed by atoms with Crippen molar-refractivity contribution in [1.82, 2.24) is 24.7 Å². The fourth-order valence-corrected chi connectivity index (χ4v) is 3.10. The first-order valence-electron chi connectivity index (χ1n) is 8.01. The summed E-state index contributed by atoms with van der Waals surface area (Å²) in [6.07, 6.45) is 5.16. The van der Waals surface area contributed by atoms with E-state index in [0.29, 0.717) is 5.95 Å². The van der Waals surface area contributed by atoms with Gasteiger partial charge in [-0.15, -0.1) is 5.10 Å². The van der Waals surface area contributed by atoms with Crippen molar-refractivity contribution in [3.05, 3.63) is 48.3 Å². The lowest BCUT2D eigenvalue weighted by Crippen LogP contribution is -2.33. The van der Waals surface area contributed by atoms with Gasteiger partial charge in [-0.2, -0.15) is 4.98 Å². The van der Waals surface area contributed by atoms with E-state index in [1.165, 1.54) is 0 Å². The molecule has 2 aromatic heterocycles. The van der Waals surface area contributed by atoms with Gasteiger partial charge in [0.2, 0.25) is 5.91 Å². The lowest BCUT2D eigenvalue weighted by Gasteiger charge is -2.17. The number of fused-ring (bicyclic) bond motifs is 1. The highest BCUT2D eigenvalue weighted by atomic mass is 16.2. The van der Waals surface area contributed by atoms with Crippen LogP contribution in [0.4, 0.5) is 11.6 Å². The van der Waals surface area contributed by atoms with E-state index in [0.717, 1.165) is 28.2 Å². The number of hydrogen-bond donors (Lipinski definition) is 0. The molecule has 0 bridgehead atoms. The molecule has 7 heteroatoms. The maximum atomic E-state index is 13.0. The van der Waals surface area contributed by atoms with E-state index in [1.54, 1.807) is 35.4 Å². The van der Waals surface area contributed by atoms with Gasteiger partial charge in [0, 0.05) is 25.0 Å². The molecular weight excluding hydrogens is 316 g/mol. The van der Waals surface area contributed by atoms with Crippen molar-refractivity contribution in [3.8, 4) is 11.1 Å². The summed E-state index contributed by atoms with van der Waals surface area (Å²) in [7, 11) is 1.78. The minimum absolute atomic E-state index is 0.0361. The number of amides is 1. The number of nitrogens with zero attached hydrogens (tertiary/aromatic N) is 6. The van der Waals surface area contributed by atoms with Gasteiger partial charge in [0.1, 0.15) is 12.2 Å². The number of benzene rings is 1. The van der Waals surface area contributed by atoms with Crippen LogP contribution in [0.3, 0.4) is 0 Å². The molecule has 0 saturated carbocycles. The van der Waals surface area contributed by atoms with E-state index >= 15 is 0 Å². The molecule has 7 nitrogen and oxygen atoms in total. The average Bonchev–Trinajstić information content (AvgIpc) is 3.08. The highest BCUT2D eigenvalue weighted by molar-refractivity contribution is 6.11. The standard InChI is InChI=1S/C18H18N6O/c1-11-19-8-13(9-20-11)12-5-6-14-15(7-12)24(16(25)18(14,2)3)17-21-10-23(4)22-17/h5-10H,1-4H3. The molecule has 1 aliphatic heterocycles. The number of carbonyl (C=O) groups is 1. The fraction of sp³-hybridized carbons (Fsp3) is 0.278. The quantitative estimate of drug-likeness (QED) is 0.720. The maximum absolute atomic E-state index is 13.0. The van der Waals surface area contributed by atoms with Crippen LogP contribution in [0.5, 0.6) is 0 Å². The van der Waals surface area contributed by atoms with Gasteiger partial charge < -0.3 is 0 Å². The monoisotopic (exact) mass is 334 g/mol. The van der Waals surface area contributed by atoms with E-state index < -0.39 is 5.41 Å². The molecule has 0 aliphatic carbocycles. The lowest BCUT2D eigenvalue weighted by molar-refractivity contribution is -0.121. The summed E-state index contributed by atoms with van der Waals surface area (Å²) < 4.78 is 1.59. The molecule has 1 aromatic carbocycles. The predicted molar refractivity (Wildman–Crippen MR) is 93.4 cm³/mol. The second kappa shape index (κ2) is 5.20. The summed E-state index contributed by atoms with van der Waals surface area (Å²) >= 11 is 0. The van der Waals surface area contributed by atoms with Crippen LogP contribution in [0.15, 0.2) is 36.9 Å². The molecule has 25 heavy (non-hydrogen) atoms. The van der Waals surface area contributed by atoms with Crippen LogP contribution >= 0.6 is 0 Å². The Bertz CT molecular complexity index is 973. The zero-order valence-corrected chi connectivity index (χ0v) is 14.6. The second-order valence-electron chi connectivity index (χ2n) is 6.73. The minimum atomic E-state index is -0.628. The molecular formula is C18H18N6O. The highest BCUT2D eigenvalue weighted by Gasteiger charge is 2.46. The van der Waals surface area contributed by atoms with E-state index in [-0.39, 0.29) is 5.91 Å². The van der Waals surface area contributed by atoms with Crippen LogP contribution in [0.2, 0.25) is 0 Å². The van der Waals surface area contributed by atoms with Gasteiger partial charge in [-0.1, -0.05) is 12.1 Å². The summed E-state index contributed by atoms with van der Waals surface area (Å²) in [5.74, 6) is 1.07. The Morgan fingerprint density at radius 1 is 1.04 bits per heavy atom. The molecule has 0 fully saturated rings. The molecule has 4 rings (SSSR count). The number of carbonyl (C=O) groups excluding carboxylic acids is 1. The first-order valence-corrected chi connectivity index (χ1v) is 8.01. The number of rotatable bonds is 2. The van der Waals surface area contributed by atoms with Crippen molar-refractivity contribution in [2.45, 2.75) is 26.2 Å². The zero-order valence-electron chi connectivity index (χ0n) is 14.6. The third-order valence-electron chi connectivity index (χ3n) is 4.55. The molecule has 126 valence electrons. The van der Waals surface area contributed by atoms with Gasteiger partial charge in [0.15, 0.2) is 0 Å². The highest BCUT2D eigenvalue weighted by Crippen LogP contribution is 2.45. The molecule has 1 aliphatic rings. The fourth-order valence-electron chi connectivity index (χ4n) is 3.10. The van der Waals surface area contributed by atoms with Gasteiger partial charge in [0.25, 0.3) is 5.95 Å². The Hall–Kier alpha value is -3.09. The normalized spacial score (nSPS) is 15.5. The summed E-state index contributed by atoms with van der Waals surface area (Å²) in [5.41, 5.74) is 2.99. The maximum Gasteiger partial charge on any atom is 0.256 e. The van der Waals surface area contributed by atoms with Gasteiger partial charge in [-0.3, -0.25) is 9.48 Å². The van der Waals surface area contributed by atoms with Crippen LogP contribution < -0.4 is 4.90 Å². The molecule has 3 aromatic rings. The van der Waals surface area contributed by atoms with Gasteiger partial charge in [-0.25, -0.2) is 14.9 Å². The van der Waals surface area contributed by atoms with Gasteiger partial charge >= 0.3 is 0 Å². The Balaban J connectivity index is 1.88. The van der Waals surface area contributed by atoms with Crippen molar-refractivity contribution in [3.63, 3.8) is 0 Å². The summed E-state index contributed by atoms with van der Waals surface area (Å²) in [5, 5.41) is 4.31. The zero-order chi connectivity index (χ0) is 17.8. The van der Waals surface area contributed by atoms with Gasteiger partial charge in [-0.05, 0) is 38.0 Å². The lowest BCUT2D eigenvalue weighted by atomic mass is 9.85. The molecule has 0 radical (unpaired) electrons. The molecule has 0 atom stereocenters. The van der Waals surface area contributed by atoms with Crippen LogP contribution in [-0.2, 0) is 17.3 Å². The largest absolute Gasteiger partial charge is 0.273 e.